The molecular formula is C16H24Cl2N2. The van der Waals surface area contributed by atoms with Gasteiger partial charge in [-0.3, -0.25) is 4.90 Å². The predicted octanol–water partition coefficient (Wildman–Crippen LogP) is 4.51. The van der Waals surface area contributed by atoms with Crippen molar-refractivity contribution in [3.63, 3.8) is 0 Å². The van der Waals surface area contributed by atoms with Gasteiger partial charge in [-0.15, -0.1) is 0 Å². The fraction of sp³-hybridized carbons (Fsp3) is 0.625. The van der Waals surface area contributed by atoms with Crippen molar-refractivity contribution in [3.05, 3.63) is 33.8 Å². The highest BCUT2D eigenvalue weighted by atomic mass is 35.5. The highest BCUT2D eigenvalue weighted by Crippen LogP contribution is 2.37. The molecule has 20 heavy (non-hydrogen) atoms. The molecule has 1 aromatic rings. The summed E-state index contributed by atoms with van der Waals surface area (Å²) in [4.78, 5) is 2.45. The SMILES string of the molecule is CC1(C)CCCN(C(CN)c2c(Cl)cccc2Cl)CC1. The third-order valence-electron chi connectivity index (χ3n) is 4.37. The number of nitrogens with two attached hydrogens (primary N) is 1. The van der Waals surface area contributed by atoms with Gasteiger partial charge < -0.3 is 5.73 Å². The molecule has 0 bridgehead atoms. The Kier molecular flexibility index (Phi) is 5.36. The zero-order chi connectivity index (χ0) is 14.8. The second-order valence-electron chi connectivity index (χ2n) is 6.44. The number of benzene rings is 1. The Bertz CT molecular complexity index is 440. The van der Waals surface area contributed by atoms with E-state index in [0.717, 1.165) is 28.7 Å². The molecule has 0 aromatic heterocycles. The number of rotatable bonds is 3. The molecule has 1 heterocycles. The van der Waals surface area contributed by atoms with E-state index < -0.39 is 0 Å². The first kappa shape index (κ1) is 16.1. The number of hydrogen-bond donors (Lipinski definition) is 1. The van der Waals surface area contributed by atoms with E-state index >= 15 is 0 Å². The second kappa shape index (κ2) is 6.65. The van der Waals surface area contributed by atoms with Crippen LogP contribution in [0.15, 0.2) is 18.2 Å². The molecule has 0 spiro atoms. The Hall–Kier alpha value is -0.280. The lowest BCUT2D eigenvalue weighted by atomic mass is 9.85. The molecule has 112 valence electrons. The van der Waals surface area contributed by atoms with E-state index in [9.17, 15) is 0 Å². The lowest BCUT2D eigenvalue weighted by Gasteiger charge is -2.31. The van der Waals surface area contributed by atoms with Gasteiger partial charge in [0.15, 0.2) is 0 Å². The van der Waals surface area contributed by atoms with Crippen molar-refractivity contribution < 1.29 is 0 Å². The van der Waals surface area contributed by atoms with E-state index in [2.05, 4.69) is 18.7 Å². The molecule has 0 radical (unpaired) electrons. The molecule has 1 atom stereocenters. The summed E-state index contributed by atoms with van der Waals surface area (Å²) in [6.07, 6.45) is 3.65. The average Bonchev–Trinajstić information content (AvgIpc) is 2.55. The summed E-state index contributed by atoms with van der Waals surface area (Å²) in [6, 6.07) is 5.79. The normalized spacial score (nSPS) is 21.4. The number of halogens is 2. The van der Waals surface area contributed by atoms with Crippen LogP contribution in [0, 0.1) is 5.41 Å². The maximum absolute atomic E-state index is 6.35. The van der Waals surface area contributed by atoms with Gasteiger partial charge in [0.25, 0.3) is 0 Å². The molecule has 0 aliphatic carbocycles. The molecule has 1 fully saturated rings. The third kappa shape index (κ3) is 3.67. The minimum atomic E-state index is 0.116. The zero-order valence-corrected chi connectivity index (χ0v) is 13.8. The fourth-order valence-corrected chi connectivity index (χ4v) is 3.68. The van der Waals surface area contributed by atoms with Crippen molar-refractivity contribution in [2.24, 2.45) is 11.1 Å². The zero-order valence-electron chi connectivity index (χ0n) is 12.3. The predicted molar refractivity (Wildman–Crippen MR) is 87.5 cm³/mol. The Morgan fingerprint density at radius 1 is 1.20 bits per heavy atom. The summed E-state index contributed by atoms with van der Waals surface area (Å²) < 4.78 is 0. The highest BCUT2D eigenvalue weighted by Gasteiger charge is 2.28. The van der Waals surface area contributed by atoms with Crippen molar-refractivity contribution >= 4 is 23.2 Å². The molecule has 2 rings (SSSR count). The maximum Gasteiger partial charge on any atom is 0.0500 e. The molecular weight excluding hydrogens is 291 g/mol. The van der Waals surface area contributed by atoms with E-state index in [4.69, 9.17) is 28.9 Å². The summed E-state index contributed by atoms with van der Waals surface area (Å²) in [5.41, 5.74) is 7.43. The molecule has 1 aliphatic rings. The summed E-state index contributed by atoms with van der Waals surface area (Å²) in [6.45, 7) is 7.35. The van der Waals surface area contributed by atoms with Gasteiger partial charge in [-0.05, 0) is 49.9 Å². The van der Waals surface area contributed by atoms with Gasteiger partial charge in [-0.1, -0.05) is 43.1 Å². The van der Waals surface area contributed by atoms with Gasteiger partial charge in [0, 0.05) is 28.2 Å². The molecule has 1 saturated heterocycles. The van der Waals surface area contributed by atoms with Crippen LogP contribution in [0.1, 0.15) is 44.7 Å². The number of nitrogens with zero attached hydrogens (tertiary/aromatic N) is 1. The molecule has 4 heteroatoms. The lowest BCUT2D eigenvalue weighted by molar-refractivity contribution is 0.200. The van der Waals surface area contributed by atoms with E-state index in [1.54, 1.807) is 0 Å². The van der Waals surface area contributed by atoms with Crippen LogP contribution in [0.5, 0.6) is 0 Å². The number of hydrogen-bond acceptors (Lipinski definition) is 2. The quantitative estimate of drug-likeness (QED) is 0.889. The molecule has 0 amide bonds. The summed E-state index contributed by atoms with van der Waals surface area (Å²) >= 11 is 12.7. The second-order valence-corrected chi connectivity index (χ2v) is 7.25. The summed E-state index contributed by atoms with van der Waals surface area (Å²) in [5, 5.41) is 1.44. The smallest absolute Gasteiger partial charge is 0.0500 e. The molecule has 2 nitrogen and oxygen atoms in total. The van der Waals surface area contributed by atoms with Crippen molar-refractivity contribution in [3.8, 4) is 0 Å². The Morgan fingerprint density at radius 3 is 2.45 bits per heavy atom. The van der Waals surface area contributed by atoms with E-state index in [1.165, 1.54) is 19.3 Å². The van der Waals surface area contributed by atoms with E-state index in [0.29, 0.717) is 12.0 Å². The first-order chi connectivity index (χ1) is 9.44. The maximum atomic E-state index is 6.35. The molecule has 1 aliphatic heterocycles. The monoisotopic (exact) mass is 314 g/mol. The van der Waals surface area contributed by atoms with Crippen molar-refractivity contribution in [1.82, 2.24) is 4.90 Å². The van der Waals surface area contributed by atoms with Crippen molar-refractivity contribution in [2.75, 3.05) is 19.6 Å². The minimum absolute atomic E-state index is 0.116. The average molecular weight is 315 g/mol. The highest BCUT2D eigenvalue weighted by molar-refractivity contribution is 6.36. The van der Waals surface area contributed by atoms with Gasteiger partial charge in [-0.25, -0.2) is 0 Å². The van der Waals surface area contributed by atoms with Crippen LogP contribution in [-0.2, 0) is 0 Å². The summed E-state index contributed by atoms with van der Waals surface area (Å²) in [5.74, 6) is 0. The topological polar surface area (TPSA) is 29.3 Å². The van der Waals surface area contributed by atoms with Crippen LogP contribution < -0.4 is 5.73 Å². The van der Waals surface area contributed by atoms with Crippen LogP contribution in [0.3, 0.4) is 0 Å². The van der Waals surface area contributed by atoms with Crippen LogP contribution in [0.2, 0.25) is 10.0 Å². The molecule has 1 aromatic carbocycles. The van der Waals surface area contributed by atoms with Crippen LogP contribution in [0.4, 0.5) is 0 Å². The Morgan fingerprint density at radius 2 is 1.85 bits per heavy atom. The Balaban J connectivity index is 2.24. The first-order valence-electron chi connectivity index (χ1n) is 7.32. The van der Waals surface area contributed by atoms with Gasteiger partial charge in [0.2, 0.25) is 0 Å². The van der Waals surface area contributed by atoms with E-state index in [1.807, 2.05) is 18.2 Å². The van der Waals surface area contributed by atoms with Gasteiger partial charge in [0.05, 0.1) is 0 Å². The van der Waals surface area contributed by atoms with Gasteiger partial charge in [-0.2, -0.15) is 0 Å². The number of likely N-dealkylation sites (tertiary alicyclic amines) is 1. The Labute approximate surface area is 132 Å². The van der Waals surface area contributed by atoms with Crippen molar-refractivity contribution in [1.29, 1.82) is 0 Å². The van der Waals surface area contributed by atoms with Gasteiger partial charge in [0.1, 0.15) is 0 Å². The minimum Gasteiger partial charge on any atom is -0.329 e. The fourth-order valence-electron chi connectivity index (χ4n) is 3.03. The van der Waals surface area contributed by atoms with Crippen LogP contribution in [0.25, 0.3) is 0 Å². The van der Waals surface area contributed by atoms with Gasteiger partial charge >= 0.3 is 0 Å². The standard InChI is InChI=1S/C16H24Cl2N2/c1-16(2)7-4-9-20(10-8-16)14(11-19)15-12(17)5-3-6-13(15)18/h3,5-6,14H,4,7-11,19H2,1-2H3. The third-order valence-corrected chi connectivity index (χ3v) is 5.03. The molecule has 1 unspecified atom stereocenters. The molecule has 0 saturated carbocycles. The van der Waals surface area contributed by atoms with E-state index in [-0.39, 0.29) is 6.04 Å². The first-order valence-corrected chi connectivity index (χ1v) is 8.08. The lowest BCUT2D eigenvalue weighted by Crippen LogP contribution is -2.35. The largest absolute Gasteiger partial charge is 0.329 e. The summed E-state index contributed by atoms with van der Waals surface area (Å²) in [7, 11) is 0. The molecule has 2 N–H and O–H groups in total. The van der Waals surface area contributed by atoms with Crippen LogP contribution in [-0.4, -0.2) is 24.5 Å². The van der Waals surface area contributed by atoms with Crippen molar-refractivity contribution in [2.45, 2.75) is 39.2 Å². The van der Waals surface area contributed by atoms with Crippen LogP contribution >= 0.6 is 23.2 Å².